The van der Waals surface area contributed by atoms with Gasteiger partial charge in [0.2, 0.25) is 0 Å². The van der Waals surface area contributed by atoms with Gasteiger partial charge in [0.05, 0.1) is 16.0 Å². The van der Waals surface area contributed by atoms with E-state index in [9.17, 15) is 0 Å². The van der Waals surface area contributed by atoms with Crippen LogP contribution >= 0.6 is 11.3 Å². The number of nitrogens with zero attached hydrogens (tertiary/aromatic N) is 3. The van der Waals surface area contributed by atoms with E-state index in [1.807, 2.05) is 17.4 Å². The van der Waals surface area contributed by atoms with Crippen LogP contribution in [0.3, 0.4) is 0 Å². The van der Waals surface area contributed by atoms with E-state index in [2.05, 4.69) is 66.3 Å². The van der Waals surface area contributed by atoms with Crippen molar-refractivity contribution in [1.29, 1.82) is 0 Å². The quantitative estimate of drug-likeness (QED) is 0.710. The largest absolute Gasteiger partial charge is 0.370 e. The van der Waals surface area contributed by atoms with E-state index < -0.39 is 0 Å². The van der Waals surface area contributed by atoms with E-state index in [1.54, 1.807) is 0 Å². The van der Waals surface area contributed by atoms with Gasteiger partial charge in [-0.2, -0.15) is 0 Å². The van der Waals surface area contributed by atoms with E-state index in [4.69, 9.17) is 4.98 Å². The molecule has 116 valence electrons. The first kappa shape index (κ1) is 15.1. The standard InChI is InChI=1S/C17H22N4S/c1-20(2)17-9-8-13(22-17)12-18-11-10-16-19-14-6-4-5-7-15(14)21(16)3/h4-9,18H,10-12H2,1-3H3. The van der Waals surface area contributed by atoms with Crippen LogP contribution in [0.4, 0.5) is 5.00 Å². The lowest BCUT2D eigenvalue weighted by Gasteiger charge is -2.07. The van der Waals surface area contributed by atoms with Crippen molar-refractivity contribution in [3.05, 3.63) is 47.1 Å². The Bertz CT molecular complexity index is 757. The zero-order valence-electron chi connectivity index (χ0n) is 13.3. The summed E-state index contributed by atoms with van der Waals surface area (Å²) >= 11 is 1.84. The van der Waals surface area contributed by atoms with Gasteiger partial charge in [-0.3, -0.25) is 0 Å². The first-order valence-corrected chi connectivity index (χ1v) is 8.34. The molecule has 0 radical (unpaired) electrons. The summed E-state index contributed by atoms with van der Waals surface area (Å²) in [5.74, 6) is 1.13. The zero-order valence-corrected chi connectivity index (χ0v) is 14.2. The normalized spacial score (nSPS) is 11.2. The number of thiophene rings is 1. The molecule has 5 heteroatoms. The van der Waals surface area contributed by atoms with Crippen molar-refractivity contribution in [1.82, 2.24) is 14.9 Å². The molecule has 0 aliphatic rings. The van der Waals surface area contributed by atoms with E-state index in [0.29, 0.717) is 0 Å². The number of hydrogen-bond acceptors (Lipinski definition) is 4. The molecule has 2 heterocycles. The van der Waals surface area contributed by atoms with E-state index >= 15 is 0 Å². The molecule has 3 rings (SSSR count). The van der Waals surface area contributed by atoms with Gasteiger partial charge in [-0.15, -0.1) is 11.3 Å². The number of benzene rings is 1. The van der Waals surface area contributed by atoms with Gasteiger partial charge in [0.15, 0.2) is 0 Å². The summed E-state index contributed by atoms with van der Waals surface area (Å²) in [5.41, 5.74) is 2.28. The molecule has 22 heavy (non-hydrogen) atoms. The fourth-order valence-electron chi connectivity index (χ4n) is 2.53. The molecule has 0 aliphatic carbocycles. The fourth-order valence-corrected chi connectivity index (χ4v) is 3.43. The average molecular weight is 314 g/mol. The number of hydrogen-bond donors (Lipinski definition) is 1. The second-order valence-corrected chi connectivity index (χ2v) is 6.78. The van der Waals surface area contributed by atoms with Crippen LogP contribution in [0.5, 0.6) is 0 Å². The number of para-hydroxylation sites is 2. The Morgan fingerprint density at radius 2 is 2.00 bits per heavy atom. The lowest BCUT2D eigenvalue weighted by atomic mass is 10.3. The van der Waals surface area contributed by atoms with Crippen molar-refractivity contribution < 1.29 is 0 Å². The van der Waals surface area contributed by atoms with Crippen LogP contribution in [-0.4, -0.2) is 30.2 Å². The molecule has 2 aromatic heterocycles. The lowest BCUT2D eigenvalue weighted by Crippen LogP contribution is -2.17. The summed E-state index contributed by atoms with van der Waals surface area (Å²) < 4.78 is 2.19. The number of imidazole rings is 1. The Labute approximate surface area is 135 Å². The number of rotatable bonds is 6. The van der Waals surface area contributed by atoms with Crippen LogP contribution < -0.4 is 10.2 Å². The van der Waals surface area contributed by atoms with Crippen molar-refractivity contribution in [3.8, 4) is 0 Å². The summed E-state index contributed by atoms with van der Waals surface area (Å²) in [6.07, 6.45) is 0.942. The molecule has 0 bridgehead atoms. The summed E-state index contributed by atoms with van der Waals surface area (Å²) in [5, 5.41) is 4.81. The lowest BCUT2D eigenvalue weighted by molar-refractivity contribution is 0.663. The first-order valence-electron chi connectivity index (χ1n) is 7.52. The fraction of sp³-hybridized carbons (Fsp3) is 0.353. The minimum atomic E-state index is 0.919. The van der Waals surface area contributed by atoms with Crippen LogP contribution in [0, 0.1) is 0 Å². The number of nitrogens with one attached hydrogen (secondary N) is 1. The summed E-state index contributed by atoms with van der Waals surface area (Å²) in [7, 11) is 6.25. The number of aryl methyl sites for hydroxylation is 1. The molecule has 0 saturated heterocycles. The molecule has 0 atom stereocenters. The van der Waals surface area contributed by atoms with Crippen LogP contribution in [0.25, 0.3) is 11.0 Å². The summed E-state index contributed by atoms with van der Waals surface area (Å²) in [6.45, 7) is 1.86. The van der Waals surface area contributed by atoms with Gasteiger partial charge >= 0.3 is 0 Å². The van der Waals surface area contributed by atoms with Crippen molar-refractivity contribution in [3.63, 3.8) is 0 Å². The molecule has 0 saturated carbocycles. The number of aromatic nitrogens is 2. The molecule has 0 aliphatic heterocycles. The summed E-state index contributed by atoms with van der Waals surface area (Å²) in [6, 6.07) is 12.7. The van der Waals surface area contributed by atoms with Gasteiger partial charge in [0.1, 0.15) is 5.82 Å². The number of fused-ring (bicyclic) bond motifs is 1. The molecule has 0 amide bonds. The molecule has 0 spiro atoms. The third-order valence-corrected chi connectivity index (χ3v) is 5.05. The van der Waals surface area contributed by atoms with Gasteiger partial charge in [-0.25, -0.2) is 4.98 Å². The highest BCUT2D eigenvalue weighted by atomic mass is 32.1. The predicted molar refractivity (Wildman–Crippen MR) is 94.8 cm³/mol. The minimum Gasteiger partial charge on any atom is -0.370 e. The van der Waals surface area contributed by atoms with Gasteiger partial charge in [0.25, 0.3) is 0 Å². The highest BCUT2D eigenvalue weighted by Gasteiger charge is 2.06. The maximum absolute atomic E-state index is 4.70. The van der Waals surface area contributed by atoms with Crippen molar-refractivity contribution in [2.45, 2.75) is 13.0 Å². The Morgan fingerprint density at radius 3 is 2.73 bits per heavy atom. The highest BCUT2D eigenvalue weighted by Crippen LogP contribution is 2.23. The van der Waals surface area contributed by atoms with Crippen LogP contribution in [-0.2, 0) is 20.0 Å². The van der Waals surface area contributed by atoms with E-state index in [1.165, 1.54) is 15.4 Å². The monoisotopic (exact) mass is 314 g/mol. The molecular formula is C17H22N4S. The minimum absolute atomic E-state index is 0.919. The Morgan fingerprint density at radius 1 is 1.18 bits per heavy atom. The molecule has 1 aromatic carbocycles. The summed E-state index contributed by atoms with van der Waals surface area (Å²) in [4.78, 5) is 8.22. The van der Waals surface area contributed by atoms with Crippen LogP contribution in [0.1, 0.15) is 10.7 Å². The SMILES string of the molecule is CN(C)c1ccc(CNCCc2nc3ccccc3n2C)s1. The Hall–Kier alpha value is -1.85. The zero-order chi connectivity index (χ0) is 15.5. The molecule has 3 aromatic rings. The van der Waals surface area contributed by atoms with Gasteiger partial charge < -0.3 is 14.8 Å². The smallest absolute Gasteiger partial charge is 0.110 e. The van der Waals surface area contributed by atoms with Crippen molar-refractivity contribution in [2.75, 3.05) is 25.5 Å². The van der Waals surface area contributed by atoms with Crippen LogP contribution in [0.2, 0.25) is 0 Å². The first-order chi connectivity index (χ1) is 10.6. The molecule has 0 fully saturated rings. The van der Waals surface area contributed by atoms with Gasteiger partial charge in [-0.05, 0) is 24.3 Å². The van der Waals surface area contributed by atoms with Crippen molar-refractivity contribution in [2.24, 2.45) is 7.05 Å². The predicted octanol–water partition coefficient (Wildman–Crippen LogP) is 3.03. The van der Waals surface area contributed by atoms with E-state index in [-0.39, 0.29) is 0 Å². The highest BCUT2D eigenvalue weighted by molar-refractivity contribution is 7.16. The van der Waals surface area contributed by atoms with Gasteiger partial charge in [-0.1, -0.05) is 12.1 Å². The third-order valence-electron chi connectivity index (χ3n) is 3.79. The molecule has 0 unspecified atom stereocenters. The van der Waals surface area contributed by atoms with E-state index in [0.717, 1.165) is 30.9 Å². The average Bonchev–Trinajstić information content (AvgIpc) is 3.10. The topological polar surface area (TPSA) is 33.1 Å². The second kappa shape index (κ2) is 6.50. The second-order valence-electron chi connectivity index (χ2n) is 5.64. The maximum atomic E-state index is 4.70. The van der Waals surface area contributed by atoms with Crippen molar-refractivity contribution >= 4 is 27.4 Å². The Kier molecular flexibility index (Phi) is 4.45. The molecule has 4 nitrogen and oxygen atoms in total. The molecule has 1 N–H and O–H groups in total. The van der Waals surface area contributed by atoms with Gasteiger partial charge in [0, 0.05) is 45.5 Å². The maximum Gasteiger partial charge on any atom is 0.110 e. The Balaban J connectivity index is 1.54. The molecular weight excluding hydrogens is 292 g/mol. The number of anilines is 1. The van der Waals surface area contributed by atoms with Crippen LogP contribution in [0.15, 0.2) is 36.4 Å². The third kappa shape index (κ3) is 3.15.